The minimum absolute atomic E-state index is 0.0352. The summed E-state index contributed by atoms with van der Waals surface area (Å²) in [6.45, 7) is 0. The molecule has 2 rings (SSSR count). The number of nitriles is 1. The minimum Gasteiger partial charge on any atom is -0.477 e. The lowest BCUT2D eigenvalue weighted by atomic mass is 10.2. The fraction of sp³-hybridized carbons (Fsp3) is 0. The fourth-order valence-corrected chi connectivity index (χ4v) is 2.15. The maximum atomic E-state index is 12.1. The molecular formula is C13H6Cl2N2O3. The first-order valence-corrected chi connectivity index (χ1v) is 6.05. The first-order chi connectivity index (χ1) is 9.43. The molecule has 0 unspecified atom stereocenters. The molecular weight excluding hydrogens is 303 g/mol. The second-order valence-electron chi connectivity index (χ2n) is 3.83. The maximum Gasteiger partial charge on any atom is 0.341 e. The molecule has 7 heteroatoms. The Kier molecular flexibility index (Phi) is 3.79. The molecule has 0 spiro atoms. The number of hydrogen-bond acceptors (Lipinski definition) is 3. The van der Waals surface area contributed by atoms with E-state index >= 15 is 0 Å². The molecule has 0 saturated heterocycles. The number of nitrogens with zero attached hydrogens (tertiary/aromatic N) is 2. The number of carboxylic acid groups (broad SMARTS) is 1. The summed E-state index contributed by atoms with van der Waals surface area (Å²) in [7, 11) is 0. The first kappa shape index (κ1) is 14.1. The van der Waals surface area contributed by atoms with E-state index in [-0.39, 0.29) is 16.3 Å². The predicted octanol–water partition coefficient (Wildman–Crippen LogP) is 2.71. The van der Waals surface area contributed by atoms with Crippen molar-refractivity contribution in [2.45, 2.75) is 0 Å². The average molecular weight is 309 g/mol. The molecule has 20 heavy (non-hydrogen) atoms. The molecule has 1 heterocycles. The number of halogens is 2. The molecule has 0 fully saturated rings. The van der Waals surface area contributed by atoms with Gasteiger partial charge in [0.2, 0.25) is 0 Å². The summed E-state index contributed by atoms with van der Waals surface area (Å²) >= 11 is 11.8. The smallest absolute Gasteiger partial charge is 0.341 e. The van der Waals surface area contributed by atoms with Crippen LogP contribution < -0.4 is 5.56 Å². The molecule has 1 N–H and O–H groups in total. The number of carboxylic acids is 1. The molecule has 0 atom stereocenters. The number of carbonyl (C=O) groups is 1. The van der Waals surface area contributed by atoms with Crippen LogP contribution in [0.25, 0.3) is 5.69 Å². The van der Waals surface area contributed by atoms with Crippen molar-refractivity contribution in [2.24, 2.45) is 0 Å². The molecule has 2 aromatic rings. The quantitative estimate of drug-likeness (QED) is 0.924. The van der Waals surface area contributed by atoms with Gasteiger partial charge in [-0.3, -0.25) is 9.36 Å². The van der Waals surface area contributed by atoms with Crippen LogP contribution in [0, 0.1) is 11.3 Å². The lowest BCUT2D eigenvalue weighted by Crippen LogP contribution is -2.25. The fourth-order valence-electron chi connectivity index (χ4n) is 1.65. The second-order valence-corrected chi connectivity index (χ2v) is 4.67. The maximum absolute atomic E-state index is 12.1. The molecule has 0 saturated carbocycles. The normalized spacial score (nSPS) is 10.1. The zero-order valence-corrected chi connectivity index (χ0v) is 11.3. The predicted molar refractivity (Wildman–Crippen MR) is 73.7 cm³/mol. The molecule has 1 aromatic carbocycles. The van der Waals surface area contributed by atoms with E-state index in [4.69, 9.17) is 33.6 Å². The van der Waals surface area contributed by atoms with Crippen molar-refractivity contribution < 1.29 is 9.90 Å². The number of rotatable bonds is 2. The van der Waals surface area contributed by atoms with Gasteiger partial charge in [-0.2, -0.15) is 5.26 Å². The van der Waals surface area contributed by atoms with E-state index < -0.39 is 17.1 Å². The molecule has 0 aliphatic heterocycles. The average Bonchev–Trinajstić information content (AvgIpc) is 2.39. The zero-order chi connectivity index (χ0) is 14.9. The molecule has 100 valence electrons. The van der Waals surface area contributed by atoms with Gasteiger partial charge in [0, 0.05) is 11.2 Å². The molecule has 0 aliphatic rings. The number of aromatic carboxylic acids is 1. The third kappa shape index (κ3) is 2.52. The van der Waals surface area contributed by atoms with E-state index in [9.17, 15) is 9.59 Å². The van der Waals surface area contributed by atoms with Crippen molar-refractivity contribution >= 4 is 29.2 Å². The Morgan fingerprint density at radius 3 is 2.55 bits per heavy atom. The summed E-state index contributed by atoms with van der Waals surface area (Å²) in [6, 6.07) is 7.22. The highest BCUT2D eigenvalue weighted by Gasteiger charge is 2.15. The van der Waals surface area contributed by atoms with Crippen LogP contribution in [0.3, 0.4) is 0 Å². The third-order valence-corrected chi connectivity index (χ3v) is 3.08. The van der Waals surface area contributed by atoms with Gasteiger partial charge >= 0.3 is 5.97 Å². The summed E-state index contributed by atoms with van der Waals surface area (Å²) in [4.78, 5) is 23.1. The number of benzene rings is 1. The van der Waals surface area contributed by atoms with Crippen molar-refractivity contribution in [3.8, 4) is 11.8 Å². The molecule has 5 nitrogen and oxygen atoms in total. The highest BCUT2D eigenvalue weighted by Crippen LogP contribution is 2.23. The lowest BCUT2D eigenvalue weighted by molar-refractivity contribution is 0.0694. The standard InChI is InChI=1S/C13H6Cl2N2O3/c14-8-1-2-11(10(15)4-8)17-6-7(5-16)3-9(12(17)18)13(19)20/h1-4,6H,(H,19,20). The topological polar surface area (TPSA) is 83.1 Å². The van der Waals surface area contributed by atoms with Crippen LogP contribution in [0.15, 0.2) is 35.3 Å². The summed E-state index contributed by atoms with van der Waals surface area (Å²) in [5.74, 6) is -1.41. The van der Waals surface area contributed by atoms with E-state index in [1.54, 1.807) is 6.07 Å². The number of pyridine rings is 1. The van der Waals surface area contributed by atoms with Crippen LogP contribution in [0.4, 0.5) is 0 Å². The van der Waals surface area contributed by atoms with Gasteiger partial charge in [0.1, 0.15) is 11.6 Å². The van der Waals surface area contributed by atoms with Gasteiger partial charge in [-0.15, -0.1) is 0 Å². The SMILES string of the molecule is N#Cc1cc(C(=O)O)c(=O)n(-c2ccc(Cl)cc2Cl)c1. The highest BCUT2D eigenvalue weighted by molar-refractivity contribution is 6.35. The van der Waals surface area contributed by atoms with E-state index in [0.29, 0.717) is 5.02 Å². The van der Waals surface area contributed by atoms with Gasteiger partial charge in [-0.25, -0.2) is 4.79 Å². The minimum atomic E-state index is -1.41. The van der Waals surface area contributed by atoms with Crippen LogP contribution >= 0.6 is 23.2 Å². The van der Waals surface area contributed by atoms with E-state index in [1.807, 2.05) is 0 Å². The van der Waals surface area contributed by atoms with Crippen molar-refractivity contribution in [3.05, 3.63) is 62.0 Å². The molecule has 0 radical (unpaired) electrons. The molecule has 0 amide bonds. The first-order valence-electron chi connectivity index (χ1n) is 5.29. The Hall–Kier alpha value is -2.29. The third-order valence-electron chi connectivity index (χ3n) is 2.55. The molecule has 1 aromatic heterocycles. The van der Waals surface area contributed by atoms with Gasteiger partial charge in [0.25, 0.3) is 5.56 Å². The van der Waals surface area contributed by atoms with Crippen molar-refractivity contribution in [1.29, 1.82) is 5.26 Å². The van der Waals surface area contributed by atoms with Crippen LogP contribution in [0.2, 0.25) is 10.0 Å². The number of aromatic nitrogens is 1. The van der Waals surface area contributed by atoms with E-state index in [2.05, 4.69) is 0 Å². The Balaban J connectivity index is 2.80. The summed E-state index contributed by atoms with van der Waals surface area (Å²) in [6.07, 6.45) is 1.23. The number of hydrogen-bond donors (Lipinski definition) is 1. The van der Waals surface area contributed by atoms with Gasteiger partial charge in [0.15, 0.2) is 0 Å². The Bertz CT molecular complexity index is 806. The largest absolute Gasteiger partial charge is 0.477 e. The van der Waals surface area contributed by atoms with Gasteiger partial charge < -0.3 is 5.11 Å². The van der Waals surface area contributed by atoms with Crippen molar-refractivity contribution in [2.75, 3.05) is 0 Å². The van der Waals surface area contributed by atoms with Gasteiger partial charge in [-0.1, -0.05) is 23.2 Å². The monoisotopic (exact) mass is 308 g/mol. The lowest BCUT2D eigenvalue weighted by Gasteiger charge is -2.09. The van der Waals surface area contributed by atoms with E-state index in [0.717, 1.165) is 10.6 Å². The second kappa shape index (κ2) is 5.37. The molecule has 0 aliphatic carbocycles. The van der Waals surface area contributed by atoms with Crippen molar-refractivity contribution in [3.63, 3.8) is 0 Å². The summed E-state index contributed by atoms with van der Waals surface area (Å²) < 4.78 is 1.01. The molecule has 0 bridgehead atoms. The Labute approximate surface area is 123 Å². The van der Waals surface area contributed by atoms with Gasteiger partial charge in [0.05, 0.1) is 16.3 Å². The van der Waals surface area contributed by atoms with Crippen LogP contribution in [0.5, 0.6) is 0 Å². The Morgan fingerprint density at radius 2 is 2.00 bits per heavy atom. The van der Waals surface area contributed by atoms with Crippen LogP contribution in [-0.2, 0) is 0 Å². The van der Waals surface area contributed by atoms with Crippen LogP contribution in [0.1, 0.15) is 15.9 Å². The van der Waals surface area contributed by atoms with Crippen molar-refractivity contribution in [1.82, 2.24) is 4.57 Å². The van der Waals surface area contributed by atoms with E-state index in [1.165, 1.54) is 24.4 Å². The Morgan fingerprint density at radius 1 is 1.30 bits per heavy atom. The van der Waals surface area contributed by atoms with Crippen LogP contribution in [-0.4, -0.2) is 15.6 Å². The van der Waals surface area contributed by atoms with Gasteiger partial charge in [-0.05, 0) is 24.3 Å². The zero-order valence-electron chi connectivity index (χ0n) is 9.80. The summed E-state index contributed by atoms with van der Waals surface area (Å²) in [5.41, 5.74) is -0.996. The summed E-state index contributed by atoms with van der Waals surface area (Å²) in [5, 5.41) is 18.4. The highest BCUT2D eigenvalue weighted by atomic mass is 35.5.